The largest absolute Gasteiger partial charge is 0.304 e. The molecule has 0 spiro atoms. The summed E-state index contributed by atoms with van der Waals surface area (Å²) < 4.78 is 1.59. The minimum Gasteiger partial charge on any atom is -0.304 e. The molecule has 4 nitrogen and oxygen atoms in total. The van der Waals surface area contributed by atoms with Crippen molar-refractivity contribution < 1.29 is 0 Å². The fourth-order valence-electron chi connectivity index (χ4n) is 3.20. The van der Waals surface area contributed by atoms with Crippen LogP contribution < -0.4 is 10.9 Å². The van der Waals surface area contributed by atoms with Gasteiger partial charge in [-0.25, -0.2) is 4.98 Å². The Balaban J connectivity index is 1.76. The summed E-state index contributed by atoms with van der Waals surface area (Å²) in [6, 6.07) is 10.8. The van der Waals surface area contributed by atoms with E-state index in [2.05, 4.69) is 62.3 Å². The summed E-state index contributed by atoms with van der Waals surface area (Å²) in [6.45, 7) is 9.49. The van der Waals surface area contributed by atoms with Crippen LogP contribution in [0, 0.1) is 5.92 Å². The second kappa shape index (κ2) is 8.14. The molecular formula is C21H27N3OS. The molecule has 0 aliphatic rings. The van der Waals surface area contributed by atoms with Crippen LogP contribution in [0.15, 0.2) is 46.7 Å². The minimum atomic E-state index is -0.0212. The Labute approximate surface area is 158 Å². The molecule has 5 heteroatoms. The fourth-order valence-corrected chi connectivity index (χ4v) is 3.94. The van der Waals surface area contributed by atoms with Crippen LogP contribution in [0.3, 0.4) is 0 Å². The molecule has 0 fully saturated rings. The fraction of sp³-hybridized carbons (Fsp3) is 0.429. The van der Waals surface area contributed by atoms with Crippen LogP contribution in [0.4, 0.5) is 0 Å². The number of rotatable bonds is 7. The maximum atomic E-state index is 12.1. The molecule has 0 aliphatic carbocycles. The Morgan fingerprint density at radius 2 is 1.85 bits per heavy atom. The molecule has 1 aromatic carbocycles. The van der Waals surface area contributed by atoms with Gasteiger partial charge in [-0.3, -0.25) is 9.20 Å². The van der Waals surface area contributed by atoms with E-state index in [-0.39, 0.29) is 11.6 Å². The van der Waals surface area contributed by atoms with E-state index in [4.69, 9.17) is 0 Å². The van der Waals surface area contributed by atoms with Crippen molar-refractivity contribution in [3.63, 3.8) is 0 Å². The van der Waals surface area contributed by atoms with Crippen molar-refractivity contribution in [2.45, 2.75) is 52.6 Å². The summed E-state index contributed by atoms with van der Waals surface area (Å²) in [5.74, 6) is 1.03. The zero-order valence-corrected chi connectivity index (χ0v) is 16.7. The van der Waals surface area contributed by atoms with Crippen LogP contribution in [0.25, 0.3) is 4.96 Å². The molecule has 0 saturated heterocycles. The number of fused-ring (bicyclic) bond motifs is 1. The van der Waals surface area contributed by atoms with Gasteiger partial charge < -0.3 is 5.32 Å². The highest BCUT2D eigenvalue weighted by atomic mass is 32.1. The molecule has 0 unspecified atom stereocenters. The molecule has 0 radical (unpaired) electrons. The van der Waals surface area contributed by atoms with E-state index in [1.54, 1.807) is 16.7 Å². The Bertz CT molecular complexity index is 911. The van der Waals surface area contributed by atoms with Crippen LogP contribution in [0.5, 0.6) is 0 Å². The van der Waals surface area contributed by atoms with E-state index >= 15 is 0 Å². The van der Waals surface area contributed by atoms with Crippen molar-refractivity contribution in [1.82, 2.24) is 14.7 Å². The van der Waals surface area contributed by atoms with Gasteiger partial charge >= 0.3 is 0 Å². The summed E-state index contributed by atoms with van der Waals surface area (Å²) in [5, 5.41) is 5.48. The lowest BCUT2D eigenvalue weighted by Gasteiger charge is -2.23. The molecule has 1 N–H and O–H groups in total. The number of aromatic nitrogens is 2. The molecule has 138 valence electrons. The smallest absolute Gasteiger partial charge is 0.258 e. The third kappa shape index (κ3) is 4.05. The van der Waals surface area contributed by atoms with Gasteiger partial charge in [0, 0.05) is 30.2 Å². The third-order valence-electron chi connectivity index (χ3n) is 5.00. The van der Waals surface area contributed by atoms with Gasteiger partial charge in [0.25, 0.3) is 5.56 Å². The van der Waals surface area contributed by atoms with Crippen molar-refractivity contribution in [1.29, 1.82) is 0 Å². The lowest BCUT2D eigenvalue weighted by molar-refractivity contribution is 0.408. The second-order valence-corrected chi connectivity index (χ2v) is 8.09. The first-order chi connectivity index (χ1) is 12.5. The summed E-state index contributed by atoms with van der Waals surface area (Å²) in [6.07, 6.45) is 2.92. The third-order valence-corrected chi connectivity index (χ3v) is 5.76. The monoisotopic (exact) mass is 369 g/mol. The standard InChI is InChI=1S/C21H27N3OS/c1-5-15(4)16-6-8-17(9-7-16)20(14(2)3)22-13-18-12-19(25)24-10-11-26-21(24)23-18/h6-12,14-15,20,22H,5,13H2,1-4H3/t15-,20+/m1/s1. The lowest BCUT2D eigenvalue weighted by Crippen LogP contribution is -2.27. The molecule has 2 aromatic heterocycles. The Hall–Kier alpha value is -1.98. The van der Waals surface area contributed by atoms with E-state index in [9.17, 15) is 4.79 Å². The van der Waals surface area contributed by atoms with E-state index in [1.807, 2.05) is 5.38 Å². The highest BCUT2D eigenvalue weighted by Crippen LogP contribution is 2.25. The van der Waals surface area contributed by atoms with Crippen LogP contribution in [-0.4, -0.2) is 9.38 Å². The van der Waals surface area contributed by atoms with Crippen LogP contribution in [-0.2, 0) is 6.54 Å². The number of hydrogen-bond donors (Lipinski definition) is 1. The first kappa shape index (κ1) is 18.8. The second-order valence-electron chi connectivity index (χ2n) is 7.22. The summed E-state index contributed by atoms with van der Waals surface area (Å²) >= 11 is 1.48. The Morgan fingerprint density at radius 3 is 2.50 bits per heavy atom. The van der Waals surface area contributed by atoms with Gasteiger partial charge in [0.15, 0.2) is 4.96 Å². The van der Waals surface area contributed by atoms with E-state index < -0.39 is 0 Å². The molecule has 0 aliphatic heterocycles. The number of nitrogens with one attached hydrogen (secondary N) is 1. The maximum Gasteiger partial charge on any atom is 0.258 e. The molecule has 3 rings (SSSR count). The summed E-state index contributed by atoms with van der Waals surface area (Å²) in [7, 11) is 0. The normalized spacial score (nSPS) is 14.0. The zero-order valence-electron chi connectivity index (χ0n) is 15.9. The van der Waals surface area contributed by atoms with Crippen LogP contribution in [0.2, 0.25) is 0 Å². The van der Waals surface area contributed by atoms with Crippen molar-refractivity contribution in [3.8, 4) is 0 Å². The average molecular weight is 370 g/mol. The van der Waals surface area contributed by atoms with Crippen LogP contribution in [0.1, 0.15) is 62.9 Å². The number of thiazole rings is 1. The number of nitrogens with zero attached hydrogens (tertiary/aromatic N) is 2. The first-order valence-electron chi connectivity index (χ1n) is 9.28. The zero-order chi connectivity index (χ0) is 18.7. The quantitative estimate of drug-likeness (QED) is 0.653. The molecule has 0 bridgehead atoms. The van der Waals surface area contributed by atoms with Crippen molar-refractivity contribution in [2.24, 2.45) is 5.92 Å². The van der Waals surface area contributed by atoms with Crippen LogP contribution >= 0.6 is 11.3 Å². The minimum absolute atomic E-state index is 0.0212. The van der Waals surface area contributed by atoms with Gasteiger partial charge in [-0.05, 0) is 29.4 Å². The average Bonchev–Trinajstić information content (AvgIpc) is 3.10. The predicted molar refractivity (Wildman–Crippen MR) is 109 cm³/mol. The SMILES string of the molecule is CC[C@@H](C)c1ccc([C@@H](NCc2cc(=O)n3ccsc3n2)C(C)C)cc1. The number of hydrogen-bond acceptors (Lipinski definition) is 4. The molecule has 0 saturated carbocycles. The first-order valence-corrected chi connectivity index (χ1v) is 10.2. The highest BCUT2D eigenvalue weighted by molar-refractivity contribution is 7.15. The topological polar surface area (TPSA) is 46.4 Å². The van der Waals surface area contributed by atoms with Gasteiger partial charge in [0.1, 0.15) is 0 Å². The Morgan fingerprint density at radius 1 is 1.15 bits per heavy atom. The maximum absolute atomic E-state index is 12.1. The summed E-state index contributed by atoms with van der Waals surface area (Å²) in [5.41, 5.74) is 3.43. The molecule has 0 amide bonds. The molecule has 26 heavy (non-hydrogen) atoms. The Kier molecular flexibility index (Phi) is 5.89. The van der Waals surface area contributed by atoms with Gasteiger partial charge in [-0.2, -0.15) is 0 Å². The van der Waals surface area contributed by atoms with Gasteiger partial charge in [-0.15, -0.1) is 11.3 Å². The van der Waals surface area contributed by atoms with Gasteiger partial charge in [0.05, 0.1) is 5.69 Å². The predicted octanol–water partition coefficient (Wildman–Crippen LogP) is 4.76. The highest BCUT2D eigenvalue weighted by Gasteiger charge is 2.16. The molecule has 2 atom stereocenters. The lowest BCUT2D eigenvalue weighted by atomic mass is 9.92. The van der Waals surface area contributed by atoms with E-state index in [1.165, 1.54) is 22.5 Å². The van der Waals surface area contributed by atoms with Crippen molar-refractivity contribution in [2.75, 3.05) is 0 Å². The van der Waals surface area contributed by atoms with Crippen molar-refractivity contribution in [3.05, 3.63) is 69.1 Å². The molecular weight excluding hydrogens is 342 g/mol. The van der Waals surface area contributed by atoms with E-state index in [0.29, 0.717) is 18.4 Å². The molecule has 2 heterocycles. The van der Waals surface area contributed by atoms with E-state index in [0.717, 1.165) is 17.1 Å². The van der Waals surface area contributed by atoms with Gasteiger partial charge in [0.2, 0.25) is 0 Å². The van der Waals surface area contributed by atoms with Gasteiger partial charge in [-0.1, -0.05) is 52.0 Å². The summed E-state index contributed by atoms with van der Waals surface area (Å²) in [4.78, 5) is 17.5. The van der Waals surface area contributed by atoms with Crippen molar-refractivity contribution >= 4 is 16.3 Å². The molecule has 3 aromatic rings. The number of benzene rings is 1.